The van der Waals surface area contributed by atoms with E-state index in [0.717, 1.165) is 12.8 Å². The second kappa shape index (κ2) is 4.94. The topological polar surface area (TPSA) is 66.5 Å². The molecule has 0 radical (unpaired) electrons. The van der Waals surface area contributed by atoms with Crippen LogP contribution in [-0.4, -0.2) is 43.5 Å². The van der Waals surface area contributed by atoms with E-state index in [2.05, 4.69) is 5.32 Å². The van der Waals surface area contributed by atoms with Crippen LogP contribution in [0.5, 0.6) is 0 Å². The minimum Gasteiger partial charge on any atom is -0.355 e. The summed E-state index contributed by atoms with van der Waals surface area (Å²) in [6, 6.07) is 0. The summed E-state index contributed by atoms with van der Waals surface area (Å²) >= 11 is 0. The Balaban J connectivity index is 2.47. The van der Waals surface area contributed by atoms with Gasteiger partial charge in [-0.25, -0.2) is 8.42 Å². The lowest BCUT2D eigenvalue weighted by Crippen LogP contribution is -2.48. The van der Waals surface area contributed by atoms with Gasteiger partial charge >= 0.3 is 0 Å². The van der Waals surface area contributed by atoms with Crippen molar-refractivity contribution in [1.29, 1.82) is 0 Å². The van der Waals surface area contributed by atoms with E-state index in [1.165, 1.54) is 10.6 Å². The van der Waals surface area contributed by atoms with Crippen LogP contribution in [0.25, 0.3) is 0 Å². The predicted molar refractivity (Wildman–Crippen MR) is 67.0 cm³/mol. The van der Waals surface area contributed by atoms with Crippen LogP contribution in [0.3, 0.4) is 0 Å². The molecule has 0 aromatic rings. The van der Waals surface area contributed by atoms with Crippen LogP contribution in [0.1, 0.15) is 33.6 Å². The third kappa shape index (κ3) is 4.63. The van der Waals surface area contributed by atoms with Crippen molar-refractivity contribution in [2.75, 3.05) is 19.3 Å². The standard InChI is InChI=1S/C11H22N2O3S/c1-11(2,3)13(17(4,15)16)8-7-12-10(14)9-5-6-9/h9H,5-8H2,1-4H3,(H,12,14). The molecule has 1 aliphatic carbocycles. The maximum atomic E-state index is 11.6. The Morgan fingerprint density at radius 3 is 2.24 bits per heavy atom. The highest BCUT2D eigenvalue weighted by Gasteiger charge is 2.31. The molecule has 0 heterocycles. The number of hydrogen-bond donors (Lipinski definition) is 1. The quantitative estimate of drug-likeness (QED) is 0.788. The molecule has 1 N–H and O–H groups in total. The molecule has 0 spiro atoms. The first kappa shape index (κ1) is 14.4. The summed E-state index contributed by atoms with van der Waals surface area (Å²) in [6.07, 6.45) is 3.11. The third-order valence-corrected chi connectivity index (χ3v) is 4.24. The zero-order valence-electron chi connectivity index (χ0n) is 11.0. The van der Waals surface area contributed by atoms with Crippen molar-refractivity contribution < 1.29 is 13.2 Å². The molecule has 0 bridgehead atoms. The third-order valence-electron chi connectivity index (χ3n) is 2.71. The molecule has 0 unspecified atom stereocenters. The van der Waals surface area contributed by atoms with Gasteiger partial charge in [0.15, 0.2) is 0 Å². The minimum atomic E-state index is -3.24. The van der Waals surface area contributed by atoms with Gasteiger partial charge in [0.1, 0.15) is 0 Å². The monoisotopic (exact) mass is 262 g/mol. The van der Waals surface area contributed by atoms with Gasteiger partial charge in [-0.3, -0.25) is 4.79 Å². The molecule has 6 heteroatoms. The smallest absolute Gasteiger partial charge is 0.223 e. The Morgan fingerprint density at radius 2 is 1.88 bits per heavy atom. The number of carbonyl (C=O) groups excluding carboxylic acids is 1. The van der Waals surface area contributed by atoms with E-state index in [-0.39, 0.29) is 11.8 Å². The Hall–Kier alpha value is -0.620. The number of carbonyl (C=O) groups is 1. The lowest BCUT2D eigenvalue weighted by molar-refractivity contribution is -0.122. The fourth-order valence-corrected chi connectivity index (χ4v) is 3.19. The first-order valence-electron chi connectivity index (χ1n) is 5.88. The number of amides is 1. The van der Waals surface area contributed by atoms with Gasteiger partial charge in [0.25, 0.3) is 0 Å². The minimum absolute atomic E-state index is 0.0485. The molecule has 0 saturated heterocycles. The van der Waals surface area contributed by atoms with E-state index >= 15 is 0 Å². The average molecular weight is 262 g/mol. The fourth-order valence-electron chi connectivity index (χ4n) is 1.77. The predicted octanol–water partition coefficient (Wildman–Crippen LogP) is 0.573. The maximum absolute atomic E-state index is 11.6. The first-order chi connectivity index (χ1) is 7.62. The number of rotatable bonds is 5. The van der Waals surface area contributed by atoms with Crippen LogP contribution in [0.4, 0.5) is 0 Å². The summed E-state index contributed by atoms with van der Waals surface area (Å²) < 4.78 is 24.6. The average Bonchev–Trinajstić information content (AvgIpc) is 2.89. The van der Waals surface area contributed by atoms with Gasteiger partial charge in [0.05, 0.1) is 6.26 Å². The van der Waals surface area contributed by atoms with Crippen molar-refractivity contribution in [2.45, 2.75) is 39.2 Å². The molecule has 1 saturated carbocycles. The summed E-state index contributed by atoms with van der Waals surface area (Å²) in [4.78, 5) is 11.4. The van der Waals surface area contributed by atoms with Gasteiger partial charge in [-0.05, 0) is 33.6 Å². The van der Waals surface area contributed by atoms with Gasteiger partial charge in [-0.1, -0.05) is 0 Å². The first-order valence-corrected chi connectivity index (χ1v) is 7.73. The van der Waals surface area contributed by atoms with Crippen molar-refractivity contribution in [3.63, 3.8) is 0 Å². The van der Waals surface area contributed by atoms with Gasteiger partial charge in [0, 0.05) is 24.5 Å². The largest absolute Gasteiger partial charge is 0.355 e. The fraction of sp³-hybridized carbons (Fsp3) is 0.909. The number of nitrogens with zero attached hydrogens (tertiary/aromatic N) is 1. The molecule has 1 fully saturated rings. The van der Waals surface area contributed by atoms with E-state index in [1.54, 1.807) is 0 Å². The zero-order chi connectivity index (χ0) is 13.3. The molecule has 1 rings (SSSR count). The Morgan fingerprint density at radius 1 is 1.35 bits per heavy atom. The van der Waals surface area contributed by atoms with Crippen LogP contribution >= 0.6 is 0 Å². The molecule has 0 aliphatic heterocycles. The molecule has 0 atom stereocenters. The molecule has 5 nitrogen and oxygen atoms in total. The van der Waals surface area contributed by atoms with Crippen LogP contribution < -0.4 is 5.32 Å². The van der Waals surface area contributed by atoms with Crippen molar-refractivity contribution in [2.24, 2.45) is 5.92 Å². The van der Waals surface area contributed by atoms with Crippen LogP contribution in [0.2, 0.25) is 0 Å². The number of nitrogens with one attached hydrogen (secondary N) is 1. The highest BCUT2D eigenvalue weighted by Crippen LogP contribution is 2.28. The highest BCUT2D eigenvalue weighted by atomic mass is 32.2. The summed E-state index contributed by atoms with van der Waals surface area (Å²) in [6.45, 7) is 6.23. The van der Waals surface area contributed by atoms with Crippen LogP contribution in [-0.2, 0) is 14.8 Å². The Labute approximate surface area is 104 Å². The Bertz CT molecular complexity index is 380. The summed E-state index contributed by atoms with van der Waals surface area (Å²) in [5, 5.41) is 2.77. The van der Waals surface area contributed by atoms with E-state index in [0.29, 0.717) is 13.1 Å². The molecule has 1 amide bonds. The molecular formula is C11H22N2O3S. The number of sulfonamides is 1. The molecule has 0 aromatic carbocycles. The van der Waals surface area contributed by atoms with Crippen LogP contribution in [0, 0.1) is 5.92 Å². The summed E-state index contributed by atoms with van der Waals surface area (Å²) in [5.41, 5.74) is -0.460. The second-order valence-corrected chi connectivity index (χ2v) is 7.48. The van der Waals surface area contributed by atoms with Gasteiger partial charge < -0.3 is 5.32 Å². The van der Waals surface area contributed by atoms with E-state index in [9.17, 15) is 13.2 Å². The van der Waals surface area contributed by atoms with Crippen molar-refractivity contribution >= 4 is 15.9 Å². The van der Waals surface area contributed by atoms with E-state index in [1.807, 2.05) is 20.8 Å². The molecule has 17 heavy (non-hydrogen) atoms. The van der Waals surface area contributed by atoms with Crippen molar-refractivity contribution in [1.82, 2.24) is 9.62 Å². The zero-order valence-corrected chi connectivity index (χ0v) is 11.8. The molecule has 100 valence electrons. The van der Waals surface area contributed by atoms with E-state index < -0.39 is 15.6 Å². The SMILES string of the molecule is CC(C)(C)N(CCNC(=O)C1CC1)S(C)(=O)=O. The number of hydrogen-bond acceptors (Lipinski definition) is 3. The highest BCUT2D eigenvalue weighted by molar-refractivity contribution is 7.88. The lowest BCUT2D eigenvalue weighted by Gasteiger charge is -2.33. The Kier molecular flexibility index (Phi) is 4.19. The molecule has 0 aromatic heterocycles. The summed E-state index contributed by atoms with van der Waals surface area (Å²) in [5.74, 6) is 0.212. The van der Waals surface area contributed by atoms with E-state index in [4.69, 9.17) is 0 Å². The van der Waals surface area contributed by atoms with Crippen LogP contribution in [0.15, 0.2) is 0 Å². The van der Waals surface area contributed by atoms with Crippen molar-refractivity contribution in [3.8, 4) is 0 Å². The van der Waals surface area contributed by atoms with Gasteiger partial charge in [-0.15, -0.1) is 0 Å². The molecule has 1 aliphatic rings. The maximum Gasteiger partial charge on any atom is 0.223 e. The van der Waals surface area contributed by atoms with Crippen molar-refractivity contribution in [3.05, 3.63) is 0 Å². The second-order valence-electron chi connectivity index (χ2n) is 5.57. The normalized spacial score (nSPS) is 17.2. The molecular weight excluding hydrogens is 240 g/mol. The van der Waals surface area contributed by atoms with Gasteiger partial charge in [0.2, 0.25) is 15.9 Å². The lowest BCUT2D eigenvalue weighted by atomic mass is 10.1. The summed E-state index contributed by atoms with van der Waals surface area (Å²) in [7, 11) is -3.24. The van der Waals surface area contributed by atoms with Gasteiger partial charge in [-0.2, -0.15) is 4.31 Å².